The summed E-state index contributed by atoms with van der Waals surface area (Å²) in [6, 6.07) is 0.615. The summed E-state index contributed by atoms with van der Waals surface area (Å²) in [5, 5.41) is 8.49. The molecule has 2 amide bonds. The van der Waals surface area contributed by atoms with Crippen LogP contribution >= 0.6 is 0 Å². The molecule has 64 valence electrons. The first-order valence-electron chi connectivity index (χ1n) is 4.02. The zero-order valence-electron chi connectivity index (χ0n) is 6.81. The van der Waals surface area contributed by atoms with Crippen LogP contribution in [0.1, 0.15) is 12.8 Å². The predicted octanol–water partition coefficient (Wildman–Crippen LogP) is -0.333. The van der Waals surface area contributed by atoms with Crippen molar-refractivity contribution in [3.63, 3.8) is 0 Å². The highest BCUT2D eigenvalue weighted by molar-refractivity contribution is 5.73. The molecule has 0 bridgehead atoms. The van der Waals surface area contributed by atoms with E-state index in [2.05, 4.69) is 16.0 Å². The Morgan fingerprint density at radius 1 is 1.45 bits per heavy atom. The van der Waals surface area contributed by atoms with Gasteiger partial charge in [0.1, 0.15) is 0 Å². The first-order chi connectivity index (χ1) is 5.33. The molecule has 0 aliphatic heterocycles. The Labute approximate surface area is 66.7 Å². The Kier molecular flexibility index (Phi) is 3.16. The van der Waals surface area contributed by atoms with Crippen molar-refractivity contribution in [1.29, 1.82) is 0 Å². The average Bonchev–Trinajstić information content (AvgIpc) is 2.81. The van der Waals surface area contributed by atoms with Crippen molar-refractivity contribution in [2.45, 2.75) is 18.9 Å². The van der Waals surface area contributed by atoms with Crippen LogP contribution in [0.3, 0.4) is 0 Å². The second-order valence-electron chi connectivity index (χ2n) is 2.73. The monoisotopic (exact) mass is 157 g/mol. The summed E-state index contributed by atoms with van der Waals surface area (Å²) in [4.78, 5) is 10.6. The van der Waals surface area contributed by atoms with E-state index in [9.17, 15) is 4.79 Å². The first kappa shape index (κ1) is 8.33. The van der Waals surface area contributed by atoms with Crippen molar-refractivity contribution in [3.05, 3.63) is 0 Å². The SMILES string of the molecule is CNC(=O)NCCNC1CC1. The van der Waals surface area contributed by atoms with Crippen LogP contribution in [0.2, 0.25) is 0 Å². The van der Waals surface area contributed by atoms with Crippen LogP contribution in [0.4, 0.5) is 4.79 Å². The molecule has 0 spiro atoms. The molecular formula is C7H15N3O. The molecule has 0 atom stereocenters. The van der Waals surface area contributed by atoms with Gasteiger partial charge in [0.25, 0.3) is 0 Å². The molecule has 1 aliphatic rings. The van der Waals surface area contributed by atoms with Crippen molar-refractivity contribution in [2.75, 3.05) is 20.1 Å². The third-order valence-corrected chi connectivity index (χ3v) is 1.65. The van der Waals surface area contributed by atoms with E-state index >= 15 is 0 Å². The van der Waals surface area contributed by atoms with Gasteiger partial charge in [0, 0.05) is 26.2 Å². The lowest BCUT2D eigenvalue weighted by Crippen LogP contribution is -2.37. The minimum Gasteiger partial charge on any atom is -0.341 e. The molecule has 4 nitrogen and oxygen atoms in total. The normalized spacial score (nSPS) is 16.1. The van der Waals surface area contributed by atoms with Gasteiger partial charge in [0.15, 0.2) is 0 Å². The van der Waals surface area contributed by atoms with Gasteiger partial charge in [-0.05, 0) is 12.8 Å². The molecule has 3 N–H and O–H groups in total. The maximum absolute atomic E-state index is 10.6. The van der Waals surface area contributed by atoms with Gasteiger partial charge in [-0.15, -0.1) is 0 Å². The molecule has 1 rings (SSSR count). The van der Waals surface area contributed by atoms with Gasteiger partial charge >= 0.3 is 6.03 Å². The van der Waals surface area contributed by atoms with Gasteiger partial charge in [-0.2, -0.15) is 0 Å². The fraction of sp³-hybridized carbons (Fsp3) is 0.857. The molecule has 11 heavy (non-hydrogen) atoms. The molecule has 0 heterocycles. The summed E-state index contributed by atoms with van der Waals surface area (Å²) in [7, 11) is 1.61. The summed E-state index contributed by atoms with van der Waals surface area (Å²) < 4.78 is 0. The molecule has 1 saturated carbocycles. The van der Waals surface area contributed by atoms with Gasteiger partial charge in [0.2, 0.25) is 0 Å². The Balaban J connectivity index is 1.82. The highest BCUT2D eigenvalue weighted by atomic mass is 16.2. The Morgan fingerprint density at radius 3 is 2.73 bits per heavy atom. The molecule has 0 aromatic carbocycles. The second-order valence-corrected chi connectivity index (χ2v) is 2.73. The Morgan fingerprint density at radius 2 is 2.18 bits per heavy atom. The molecule has 0 saturated heterocycles. The number of hydrogen-bond donors (Lipinski definition) is 3. The maximum Gasteiger partial charge on any atom is 0.314 e. The van der Waals surface area contributed by atoms with E-state index < -0.39 is 0 Å². The number of nitrogens with one attached hydrogen (secondary N) is 3. The molecule has 0 unspecified atom stereocenters. The quantitative estimate of drug-likeness (QED) is 0.489. The lowest BCUT2D eigenvalue weighted by atomic mass is 10.5. The Bertz CT molecular complexity index is 134. The van der Waals surface area contributed by atoms with E-state index in [4.69, 9.17) is 0 Å². The van der Waals surface area contributed by atoms with Crippen molar-refractivity contribution in [3.8, 4) is 0 Å². The van der Waals surface area contributed by atoms with Gasteiger partial charge in [-0.1, -0.05) is 0 Å². The number of rotatable bonds is 4. The summed E-state index contributed by atoms with van der Waals surface area (Å²) >= 11 is 0. The minimum atomic E-state index is -0.109. The number of urea groups is 1. The maximum atomic E-state index is 10.6. The number of carbonyl (C=O) groups excluding carboxylic acids is 1. The summed E-state index contributed by atoms with van der Waals surface area (Å²) in [5.74, 6) is 0. The van der Waals surface area contributed by atoms with Crippen molar-refractivity contribution < 1.29 is 4.79 Å². The van der Waals surface area contributed by atoms with Crippen LogP contribution in [0.5, 0.6) is 0 Å². The van der Waals surface area contributed by atoms with E-state index in [0.29, 0.717) is 6.54 Å². The lowest BCUT2D eigenvalue weighted by molar-refractivity contribution is 0.243. The van der Waals surface area contributed by atoms with Crippen LogP contribution in [-0.2, 0) is 0 Å². The van der Waals surface area contributed by atoms with E-state index in [0.717, 1.165) is 12.6 Å². The summed E-state index contributed by atoms with van der Waals surface area (Å²) in [5.41, 5.74) is 0. The van der Waals surface area contributed by atoms with E-state index in [1.165, 1.54) is 12.8 Å². The molecule has 1 aliphatic carbocycles. The van der Waals surface area contributed by atoms with Crippen molar-refractivity contribution in [1.82, 2.24) is 16.0 Å². The lowest BCUT2D eigenvalue weighted by Gasteiger charge is -2.04. The highest BCUT2D eigenvalue weighted by Gasteiger charge is 2.19. The number of carbonyl (C=O) groups is 1. The molecule has 4 heteroatoms. The molecule has 1 fully saturated rings. The third-order valence-electron chi connectivity index (χ3n) is 1.65. The van der Waals surface area contributed by atoms with E-state index in [-0.39, 0.29) is 6.03 Å². The fourth-order valence-electron chi connectivity index (χ4n) is 0.828. The van der Waals surface area contributed by atoms with Gasteiger partial charge < -0.3 is 16.0 Å². The van der Waals surface area contributed by atoms with Gasteiger partial charge in [-0.3, -0.25) is 0 Å². The molecular weight excluding hydrogens is 142 g/mol. The third kappa shape index (κ3) is 3.83. The summed E-state index contributed by atoms with van der Waals surface area (Å²) in [6.45, 7) is 1.58. The predicted molar refractivity (Wildman–Crippen MR) is 43.5 cm³/mol. The molecule has 0 aromatic rings. The molecule has 0 radical (unpaired) electrons. The summed E-state index contributed by atoms with van der Waals surface area (Å²) in [6.07, 6.45) is 2.58. The largest absolute Gasteiger partial charge is 0.341 e. The zero-order valence-corrected chi connectivity index (χ0v) is 6.81. The standard InChI is InChI=1S/C7H15N3O/c1-8-7(11)10-5-4-9-6-2-3-6/h6,9H,2-5H2,1H3,(H2,8,10,11). The fourth-order valence-corrected chi connectivity index (χ4v) is 0.828. The molecule has 0 aromatic heterocycles. The smallest absolute Gasteiger partial charge is 0.314 e. The van der Waals surface area contributed by atoms with Crippen molar-refractivity contribution >= 4 is 6.03 Å². The van der Waals surface area contributed by atoms with Crippen LogP contribution < -0.4 is 16.0 Å². The second kappa shape index (κ2) is 4.18. The Hall–Kier alpha value is -0.770. The van der Waals surface area contributed by atoms with Gasteiger partial charge in [-0.25, -0.2) is 4.79 Å². The highest BCUT2D eigenvalue weighted by Crippen LogP contribution is 2.17. The van der Waals surface area contributed by atoms with Crippen LogP contribution in [-0.4, -0.2) is 32.2 Å². The van der Waals surface area contributed by atoms with Crippen LogP contribution in [0.15, 0.2) is 0 Å². The average molecular weight is 157 g/mol. The number of hydrogen-bond acceptors (Lipinski definition) is 2. The zero-order chi connectivity index (χ0) is 8.10. The number of amides is 2. The van der Waals surface area contributed by atoms with Crippen LogP contribution in [0.25, 0.3) is 0 Å². The van der Waals surface area contributed by atoms with Crippen LogP contribution in [0, 0.1) is 0 Å². The van der Waals surface area contributed by atoms with E-state index in [1.807, 2.05) is 0 Å². The topological polar surface area (TPSA) is 53.2 Å². The first-order valence-corrected chi connectivity index (χ1v) is 4.02. The van der Waals surface area contributed by atoms with E-state index in [1.54, 1.807) is 7.05 Å². The minimum absolute atomic E-state index is 0.109. The van der Waals surface area contributed by atoms with Gasteiger partial charge in [0.05, 0.1) is 0 Å². The van der Waals surface area contributed by atoms with Crippen molar-refractivity contribution in [2.24, 2.45) is 0 Å².